The smallest absolute Gasteiger partial charge is 0.132 e. The summed E-state index contributed by atoms with van der Waals surface area (Å²) in [7, 11) is 0. The molecule has 23 heavy (non-hydrogen) atoms. The number of hydrogen-bond acceptors (Lipinski definition) is 3. The number of rotatable bonds is 3. The molecule has 3 aromatic carbocycles. The minimum absolute atomic E-state index is 0.0173. The zero-order valence-electron chi connectivity index (χ0n) is 12.7. The second-order valence-corrected chi connectivity index (χ2v) is 5.74. The third-order valence-electron chi connectivity index (χ3n) is 4.19. The molecule has 0 aromatic heterocycles. The van der Waals surface area contributed by atoms with Crippen molar-refractivity contribution in [1.29, 1.82) is 0 Å². The molecule has 114 valence electrons. The van der Waals surface area contributed by atoms with Crippen LogP contribution >= 0.6 is 0 Å². The van der Waals surface area contributed by atoms with E-state index in [4.69, 9.17) is 10.6 Å². The molecule has 0 spiro atoms. The van der Waals surface area contributed by atoms with E-state index in [1.807, 2.05) is 59.6 Å². The lowest BCUT2D eigenvalue weighted by molar-refractivity contribution is 0.209. The fourth-order valence-corrected chi connectivity index (χ4v) is 3.13. The van der Waals surface area contributed by atoms with E-state index in [9.17, 15) is 0 Å². The largest absolute Gasteiger partial charge is 0.457 e. The Morgan fingerprint density at radius 3 is 1.87 bits per heavy atom. The molecule has 3 aromatic rings. The molecular formula is C20H18N2O. The highest BCUT2D eigenvalue weighted by atomic mass is 16.5. The number of ether oxygens (including phenoxy) is 1. The van der Waals surface area contributed by atoms with Crippen molar-refractivity contribution < 1.29 is 4.74 Å². The van der Waals surface area contributed by atoms with Crippen LogP contribution in [0, 0.1) is 0 Å². The second-order valence-electron chi connectivity index (χ2n) is 5.74. The Hall–Kier alpha value is -2.62. The Balaban J connectivity index is 1.75. The van der Waals surface area contributed by atoms with Gasteiger partial charge in [-0.05, 0) is 17.7 Å². The van der Waals surface area contributed by atoms with Crippen molar-refractivity contribution in [3.05, 3.63) is 95.6 Å². The van der Waals surface area contributed by atoms with Gasteiger partial charge in [0.25, 0.3) is 0 Å². The first-order chi connectivity index (χ1) is 11.3. The summed E-state index contributed by atoms with van der Waals surface area (Å²) in [4.78, 5) is 0. The minimum atomic E-state index is -0.0173. The summed E-state index contributed by atoms with van der Waals surface area (Å²) in [5, 5.41) is 1.88. The maximum absolute atomic E-state index is 6.49. The van der Waals surface area contributed by atoms with Crippen molar-refractivity contribution in [1.82, 2.24) is 5.01 Å². The standard InChI is InChI=1S/C20H18N2O/c21-22(14-15-8-2-1-3-9-15)20-16-10-4-6-12-18(16)23-19-13-7-5-11-17(19)20/h1-13,20H,14,21H2. The van der Waals surface area contributed by atoms with Crippen LogP contribution in [0.4, 0.5) is 0 Å². The molecule has 3 nitrogen and oxygen atoms in total. The molecule has 0 radical (unpaired) electrons. The number of para-hydroxylation sites is 2. The predicted molar refractivity (Wildman–Crippen MR) is 91.0 cm³/mol. The van der Waals surface area contributed by atoms with Gasteiger partial charge in [0.15, 0.2) is 0 Å². The van der Waals surface area contributed by atoms with E-state index in [-0.39, 0.29) is 6.04 Å². The van der Waals surface area contributed by atoms with Gasteiger partial charge in [-0.3, -0.25) is 5.84 Å². The number of hydrogen-bond donors (Lipinski definition) is 1. The average Bonchev–Trinajstić information content (AvgIpc) is 2.60. The molecule has 0 aliphatic carbocycles. The van der Waals surface area contributed by atoms with Crippen molar-refractivity contribution in [2.75, 3.05) is 0 Å². The van der Waals surface area contributed by atoms with Crippen molar-refractivity contribution in [2.24, 2.45) is 5.84 Å². The lowest BCUT2D eigenvalue weighted by Gasteiger charge is -2.34. The Morgan fingerprint density at radius 2 is 1.26 bits per heavy atom. The molecule has 3 heteroatoms. The van der Waals surface area contributed by atoms with E-state index in [0.29, 0.717) is 6.54 Å². The Bertz CT molecular complexity index is 771. The number of hydrazine groups is 1. The van der Waals surface area contributed by atoms with Crippen LogP contribution in [-0.2, 0) is 6.54 Å². The molecule has 1 aliphatic heterocycles. The quantitative estimate of drug-likeness (QED) is 0.580. The van der Waals surface area contributed by atoms with Crippen LogP contribution in [0.1, 0.15) is 22.7 Å². The first kappa shape index (κ1) is 14.0. The summed E-state index contributed by atoms with van der Waals surface area (Å²) in [5.74, 6) is 8.24. The minimum Gasteiger partial charge on any atom is -0.457 e. The van der Waals surface area contributed by atoms with Crippen molar-refractivity contribution in [3.8, 4) is 11.5 Å². The van der Waals surface area contributed by atoms with Crippen molar-refractivity contribution >= 4 is 0 Å². The summed E-state index contributed by atoms with van der Waals surface area (Å²) in [6.07, 6.45) is 0. The third-order valence-corrected chi connectivity index (χ3v) is 4.19. The average molecular weight is 302 g/mol. The molecule has 0 fully saturated rings. The van der Waals surface area contributed by atoms with Gasteiger partial charge in [-0.15, -0.1) is 0 Å². The van der Waals surface area contributed by atoms with Crippen molar-refractivity contribution in [3.63, 3.8) is 0 Å². The molecule has 0 unspecified atom stereocenters. The normalized spacial score (nSPS) is 13.3. The first-order valence-corrected chi connectivity index (χ1v) is 7.74. The molecule has 1 heterocycles. The van der Waals surface area contributed by atoms with Crippen LogP contribution < -0.4 is 10.6 Å². The highest BCUT2D eigenvalue weighted by Crippen LogP contribution is 2.44. The van der Waals surface area contributed by atoms with Crippen LogP contribution in [0.3, 0.4) is 0 Å². The molecule has 0 bridgehead atoms. The maximum atomic E-state index is 6.49. The molecule has 4 rings (SSSR count). The highest BCUT2D eigenvalue weighted by molar-refractivity contribution is 5.52. The van der Waals surface area contributed by atoms with Gasteiger partial charge in [0.2, 0.25) is 0 Å². The van der Waals surface area contributed by atoms with Gasteiger partial charge in [-0.2, -0.15) is 0 Å². The van der Waals surface area contributed by atoms with Crippen LogP contribution in [0.15, 0.2) is 78.9 Å². The summed E-state index contributed by atoms with van der Waals surface area (Å²) in [5.41, 5.74) is 3.39. The van der Waals surface area contributed by atoms with E-state index in [0.717, 1.165) is 22.6 Å². The van der Waals surface area contributed by atoms with Crippen LogP contribution in [-0.4, -0.2) is 5.01 Å². The van der Waals surface area contributed by atoms with E-state index in [1.54, 1.807) is 0 Å². The second kappa shape index (κ2) is 5.88. The Kier molecular flexibility index (Phi) is 3.58. The molecule has 2 N–H and O–H groups in total. The molecular weight excluding hydrogens is 284 g/mol. The zero-order valence-corrected chi connectivity index (χ0v) is 12.7. The molecule has 0 amide bonds. The van der Waals surface area contributed by atoms with Crippen LogP contribution in [0.5, 0.6) is 11.5 Å². The van der Waals surface area contributed by atoms with Gasteiger partial charge in [-0.25, -0.2) is 5.01 Å². The maximum Gasteiger partial charge on any atom is 0.132 e. The molecule has 0 atom stereocenters. The summed E-state index contributed by atoms with van der Waals surface area (Å²) in [6, 6.07) is 26.5. The fraction of sp³-hybridized carbons (Fsp3) is 0.100. The van der Waals surface area contributed by atoms with Gasteiger partial charge in [0.1, 0.15) is 11.5 Å². The molecule has 0 saturated carbocycles. The van der Waals surface area contributed by atoms with Gasteiger partial charge in [0.05, 0.1) is 6.04 Å². The number of fused-ring (bicyclic) bond motifs is 2. The topological polar surface area (TPSA) is 38.5 Å². The van der Waals surface area contributed by atoms with E-state index in [2.05, 4.69) is 24.3 Å². The molecule has 0 saturated heterocycles. The molecule has 1 aliphatic rings. The monoisotopic (exact) mass is 302 g/mol. The first-order valence-electron chi connectivity index (χ1n) is 7.74. The Labute approximate surface area is 135 Å². The van der Waals surface area contributed by atoms with Crippen LogP contribution in [0.2, 0.25) is 0 Å². The number of nitrogens with two attached hydrogens (primary N) is 1. The lowest BCUT2D eigenvalue weighted by atomic mass is 9.94. The van der Waals surface area contributed by atoms with E-state index < -0.39 is 0 Å². The summed E-state index contributed by atoms with van der Waals surface area (Å²) >= 11 is 0. The van der Waals surface area contributed by atoms with Gasteiger partial charge in [-0.1, -0.05) is 66.7 Å². The van der Waals surface area contributed by atoms with Crippen molar-refractivity contribution in [2.45, 2.75) is 12.6 Å². The summed E-state index contributed by atoms with van der Waals surface area (Å²) in [6.45, 7) is 0.675. The van der Waals surface area contributed by atoms with E-state index >= 15 is 0 Å². The third kappa shape index (κ3) is 2.61. The lowest BCUT2D eigenvalue weighted by Crippen LogP contribution is -2.36. The van der Waals surface area contributed by atoms with Gasteiger partial charge < -0.3 is 4.74 Å². The van der Waals surface area contributed by atoms with E-state index in [1.165, 1.54) is 5.56 Å². The highest BCUT2D eigenvalue weighted by Gasteiger charge is 2.30. The summed E-state index contributed by atoms with van der Waals surface area (Å²) < 4.78 is 6.03. The number of nitrogens with zero attached hydrogens (tertiary/aromatic N) is 1. The number of benzene rings is 3. The van der Waals surface area contributed by atoms with Crippen LogP contribution in [0.25, 0.3) is 0 Å². The van der Waals surface area contributed by atoms with Gasteiger partial charge in [0, 0.05) is 17.7 Å². The predicted octanol–water partition coefficient (Wildman–Crippen LogP) is 4.26. The van der Waals surface area contributed by atoms with Gasteiger partial charge >= 0.3 is 0 Å². The fourth-order valence-electron chi connectivity index (χ4n) is 3.13. The Morgan fingerprint density at radius 1 is 0.739 bits per heavy atom. The SMILES string of the molecule is NN(Cc1ccccc1)C1c2ccccc2Oc2ccccc21. The zero-order chi connectivity index (χ0) is 15.6.